The van der Waals surface area contributed by atoms with Crippen LogP contribution in [-0.4, -0.2) is 52.1 Å². The van der Waals surface area contributed by atoms with Crippen molar-refractivity contribution in [2.45, 2.75) is 44.7 Å². The second kappa shape index (κ2) is 10.4. The third kappa shape index (κ3) is 5.01. The first-order valence-electron chi connectivity index (χ1n) is 12.1. The topological polar surface area (TPSA) is 57.2 Å². The number of nitrogens with one attached hydrogen (secondary N) is 1. The molecule has 0 bridgehead atoms. The van der Waals surface area contributed by atoms with Crippen molar-refractivity contribution >= 4 is 11.8 Å². The lowest BCUT2D eigenvalue weighted by molar-refractivity contribution is 0.141. The predicted octanol–water partition coefficient (Wildman–Crippen LogP) is 4.88. The maximum atomic E-state index is 14.2. The number of likely N-dealkylation sites (tertiary alicyclic amines) is 1. The van der Waals surface area contributed by atoms with Crippen molar-refractivity contribution in [3.63, 3.8) is 0 Å². The molecule has 4 heterocycles. The fraction of sp³-hybridized carbons (Fsp3) is 0.423. The van der Waals surface area contributed by atoms with Crippen LogP contribution >= 0.6 is 0 Å². The van der Waals surface area contributed by atoms with Crippen molar-refractivity contribution in [2.24, 2.45) is 0 Å². The molecule has 8 heteroatoms. The molecule has 2 aromatic heterocycles. The van der Waals surface area contributed by atoms with Crippen LogP contribution < -0.4 is 10.2 Å². The number of hydrogen-bond donors (Lipinski definition) is 1. The molecule has 0 unspecified atom stereocenters. The van der Waals surface area contributed by atoms with Crippen LogP contribution in [0.15, 0.2) is 48.8 Å². The van der Waals surface area contributed by atoms with Gasteiger partial charge in [-0.2, -0.15) is 4.98 Å². The fourth-order valence-electron chi connectivity index (χ4n) is 4.96. The molecule has 0 amide bonds. The van der Waals surface area contributed by atoms with Gasteiger partial charge in [0.25, 0.3) is 0 Å². The molecular weight excluding hydrogens is 434 g/mol. The van der Waals surface area contributed by atoms with Gasteiger partial charge in [-0.15, -0.1) is 0 Å². The first kappa shape index (κ1) is 22.7. The molecule has 178 valence electrons. The van der Waals surface area contributed by atoms with E-state index in [1.165, 1.54) is 50.6 Å². The lowest BCUT2D eigenvalue weighted by Crippen LogP contribution is -2.47. The average Bonchev–Trinajstić information content (AvgIpc) is 2.89. The molecule has 2 aliphatic rings. The van der Waals surface area contributed by atoms with E-state index < -0.39 is 11.6 Å². The van der Waals surface area contributed by atoms with E-state index in [1.807, 2.05) is 18.2 Å². The highest BCUT2D eigenvalue weighted by atomic mass is 19.1. The van der Waals surface area contributed by atoms with Crippen LogP contribution in [0.25, 0.3) is 11.3 Å². The van der Waals surface area contributed by atoms with E-state index >= 15 is 0 Å². The van der Waals surface area contributed by atoms with Crippen molar-refractivity contribution in [2.75, 3.05) is 36.4 Å². The maximum Gasteiger partial charge on any atom is 0.227 e. The fourth-order valence-corrected chi connectivity index (χ4v) is 4.96. The number of anilines is 2. The second-order valence-electron chi connectivity index (χ2n) is 9.02. The van der Waals surface area contributed by atoms with E-state index in [1.54, 1.807) is 12.4 Å². The Morgan fingerprint density at radius 3 is 2.35 bits per heavy atom. The molecule has 5 rings (SSSR count). The molecule has 6 nitrogen and oxygen atoms in total. The van der Waals surface area contributed by atoms with E-state index in [4.69, 9.17) is 4.98 Å². The van der Waals surface area contributed by atoms with Gasteiger partial charge in [0, 0.05) is 43.6 Å². The van der Waals surface area contributed by atoms with Crippen molar-refractivity contribution in [1.82, 2.24) is 19.9 Å². The summed E-state index contributed by atoms with van der Waals surface area (Å²) in [5, 5.41) is 3.14. The summed E-state index contributed by atoms with van der Waals surface area (Å²) < 4.78 is 28.4. The molecule has 0 saturated carbocycles. The molecule has 3 aromatic rings. The number of pyridine rings is 1. The van der Waals surface area contributed by atoms with Gasteiger partial charge in [-0.05, 0) is 63.0 Å². The minimum atomic E-state index is -0.582. The van der Waals surface area contributed by atoms with E-state index in [2.05, 4.69) is 25.1 Å². The monoisotopic (exact) mass is 464 g/mol. The van der Waals surface area contributed by atoms with Gasteiger partial charge in [0.2, 0.25) is 5.95 Å². The largest absolute Gasteiger partial charge is 0.365 e. The van der Waals surface area contributed by atoms with Gasteiger partial charge in [-0.1, -0.05) is 18.6 Å². The van der Waals surface area contributed by atoms with Gasteiger partial charge in [-0.25, -0.2) is 13.8 Å². The molecule has 0 aliphatic carbocycles. The van der Waals surface area contributed by atoms with Gasteiger partial charge < -0.3 is 15.1 Å². The average molecular weight is 465 g/mol. The van der Waals surface area contributed by atoms with E-state index in [0.29, 0.717) is 29.1 Å². The number of nitrogens with zero attached hydrogens (tertiary/aromatic N) is 5. The van der Waals surface area contributed by atoms with Gasteiger partial charge >= 0.3 is 0 Å². The number of hydrogen-bond acceptors (Lipinski definition) is 6. The minimum absolute atomic E-state index is 0.0167. The van der Waals surface area contributed by atoms with Crippen LogP contribution in [0.4, 0.5) is 20.5 Å². The van der Waals surface area contributed by atoms with Crippen molar-refractivity contribution < 1.29 is 8.78 Å². The molecule has 0 atom stereocenters. The molecule has 2 fully saturated rings. The Morgan fingerprint density at radius 1 is 0.882 bits per heavy atom. The van der Waals surface area contributed by atoms with Gasteiger partial charge in [0.05, 0.1) is 11.3 Å². The summed E-state index contributed by atoms with van der Waals surface area (Å²) in [7, 11) is 0. The zero-order valence-electron chi connectivity index (χ0n) is 19.3. The first-order valence-corrected chi connectivity index (χ1v) is 12.1. The van der Waals surface area contributed by atoms with Gasteiger partial charge in [0.1, 0.15) is 17.5 Å². The molecule has 2 aliphatic heterocycles. The van der Waals surface area contributed by atoms with Crippen LogP contribution in [0.2, 0.25) is 0 Å². The third-order valence-corrected chi connectivity index (χ3v) is 6.87. The van der Waals surface area contributed by atoms with Gasteiger partial charge in [0.15, 0.2) is 0 Å². The normalized spacial score (nSPS) is 17.6. The number of rotatable bonds is 6. The van der Waals surface area contributed by atoms with E-state index in [-0.39, 0.29) is 12.1 Å². The molecule has 1 N–H and O–H groups in total. The van der Waals surface area contributed by atoms with Crippen LogP contribution in [-0.2, 0) is 6.54 Å². The maximum absolute atomic E-state index is 14.2. The Balaban J connectivity index is 1.36. The number of benzene rings is 1. The highest BCUT2D eigenvalue weighted by Gasteiger charge is 2.27. The summed E-state index contributed by atoms with van der Waals surface area (Å²) in [5.41, 5.74) is 1.38. The summed E-state index contributed by atoms with van der Waals surface area (Å²) in [6.45, 7) is 4.18. The highest BCUT2D eigenvalue weighted by molar-refractivity contribution is 5.72. The molecule has 0 radical (unpaired) electrons. The lowest BCUT2D eigenvalue weighted by Gasteiger charge is -2.40. The summed E-state index contributed by atoms with van der Waals surface area (Å²) in [5.74, 6) is -0.0142. The second-order valence-corrected chi connectivity index (χ2v) is 9.02. The third-order valence-electron chi connectivity index (χ3n) is 6.87. The van der Waals surface area contributed by atoms with Crippen molar-refractivity contribution in [1.29, 1.82) is 0 Å². The van der Waals surface area contributed by atoms with Crippen LogP contribution in [0.5, 0.6) is 0 Å². The zero-order valence-corrected chi connectivity index (χ0v) is 19.3. The van der Waals surface area contributed by atoms with E-state index in [0.717, 1.165) is 25.9 Å². The summed E-state index contributed by atoms with van der Waals surface area (Å²) >= 11 is 0. The molecular formula is C26H30F2N6. The first-order chi connectivity index (χ1) is 16.7. The van der Waals surface area contributed by atoms with Crippen molar-refractivity contribution in [3.8, 4) is 11.3 Å². The molecule has 34 heavy (non-hydrogen) atoms. The lowest BCUT2D eigenvalue weighted by atomic mass is 10.00. The smallest absolute Gasteiger partial charge is 0.227 e. The Morgan fingerprint density at radius 2 is 1.65 bits per heavy atom. The predicted molar refractivity (Wildman–Crippen MR) is 130 cm³/mol. The van der Waals surface area contributed by atoms with Crippen LogP contribution in [0.3, 0.4) is 0 Å². The van der Waals surface area contributed by atoms with E-state index in [9.17, 15) is 8.78 Å². The summed E-state index contributed by atoms with van der Waals surface area (Å²) in [6.07, 6.45) is 9.59. The number of aromatic nitrogens is 3. The number of halogens is 2. The Kier molecular flexibility index (Phi) is 6.94. The SMILES string of the molecule is Fc1cccc(F)c1CNc1nc(N2CCC(N3CCCCC3)CC2)ncc1-c1ccccn1. The quantitative estimate of drug-likeness (QED) is 0.561. The number of piperidine rings is 2. The standard InChI is InChI=1S/C26H30F2N6/c27-22-7-6-8-23(28)20(22)17-30-25-21(24-9-2-3-12-29-24)18-31-26(32-25)34-15-10-19(11-16-34)33-13-4-1-5-14-33/h2-3,6-9,12,18-19H,1,4-5,10-11,13-17H2,(H,30,31,32). The zero-order chi connectivity index (χ0) is 23.3. The van der Waals surface area contributed by atoms with Crippen molar-refractivity contribution in [3.05, 3.63) is 66.0 Å². The van der Waals surface area contributed by atoms with Crippen LogP contribution in [0.1, 0.15) is 37.7 Å². The minimum Gasteiger partial charge on any atom is -0.365 e. The molecule has 2 saturated heterocycles. The van der Waals surface area contributed by atoms with Crippen LogP contribution in [0, 0.1) is 11.6 Å². The molecule has 1 aromatic carbocycles. The highest BCUT2D eigenvalue weighted by Crippen LogP contribution is 2.29. The summed E-state index contributed by atoms with van der Waals surface area (Å²) in [4.78, 5) is 18.7. The Bertz CT molecular complexity index is 1080. The van der Waals surface area contributed by atoms with Gasteiger partial charge in [-0.3, -0.25) is 4.98 Å². The summed E-state index contributed by atoms with van der Waals surface area (Å²) in [6, 6.07) is 10.1. The Labute approximate surface area is 199 Å². The molecule has 0 spiro atoms. The Hall–Kier alpha value is -3.13.